The predicted octanol–water partition coefficient (Wildman–Crippen LogP) is 2.96. The summed E-state index contributed by atoms with van der Waals surface area (Å²) >= 11 is 0. The molecule has 128 valence electrons. The molecule has 1 aliphatic rings. The van der Waals surface area contributed by atoms with Gasteiger partial charge in [0.15, 0.2) is 0 Å². The van der Waals surface area contributed by atoms with Gasteiger partial charge in [-0.1, -0.05) is 25.0 Å². The molecule has 0 saturated heterocycles. The van der Waals surface area contributed by atoms with Crippen molar-refractivity contribution >= 4 is 5.91 Å². The highest BCUT2D eigenvalue weighted by Crippen LogP contribution is 2.41. The van der Waals surface area contributed by atoms with Gasteiger partial charge in [-0.3, -0.25) is 4.79 Å². The van der Waals surface area contributed by atoms with E-state index in [1.54, 1.807) is 0 Å². The Labute approximate surface area is 137 Å². The topological polar surface area (TPSA) is 58.6 Å². The molecule has 2 rings (SSSR count). The van der Waals surface area contributed by atoms with Gasteiger partial charge in [-0.25, -0.2) is 4.39 Å². The summed E-state index contributed by atoms with van der Waals surface area (Å²) in [4.78, 5) is 12.6. The first-order valence-electron chi connectivity index (χ1n) is 8.37. The van der Waals surface area contributed by atoms with Crippen LogP contribution in [0.3, 0.4) is 0 Å². The fourth-order valence-corrected chi connectivity index (χ4v) is 3.23. The van der Waals surface area contributed by atoms with Crippen molar-refractivity contribution in [2.24, 2.45) is 5.41 Å². The van der Waals surface area contributed by atoms with E-state index in [-0.39, 0.29) is 23.7 Å². The molecule has 2 N–H and O–H groups in total. The van der Waals surface area contributed by atoms with E-state index in [0.29, 0.717) is 18.8 Å². The van der Waals surface area contributed by atoms with Gasteiger partial charge in [0, 0.05) is 19.8 Å². The predicted molar refractivity (Wildman–Crippen MR) is 86.4 cm³/mol. The molecular weight excluding hydrogens is 297 g/mol. The van der Waals surface area contributed by atoms with Gasteiger partial charge in [-0.15, -0.1) is 0 Å². The summed E-state index contributed by atoms with van der Waals surface area (Å²) in [6.07, 6.45) is 3.75. The first kappa shape index (κ1) is 17.9. The molecule has 1 atom stereocenters. The second kappa shape index (κ2) is 8.41. The van der Waals surface area contributed by atoms with Crippen molar-refractivity contribution in [3.8, 4) is 0 Å². The normalized spacial score (nSPS) is 17.9. The van der Waals surface area contributed by atoms with E-state index >= 15 is 0 Å². The third kappa shape index (κ3) is 4.75. The van der Waals surface area contributed by atoms with E-state index in [1.165, 1.54) is 24.3 Å². The van der Waals surface area contributed by atoms with Crippen LogP contribution in [0.5, 0.6) is 0 Å². The van der Waals surface area contributed by atoms with Gasteiger partial charge >= 0.3 is 0 Å². The van der Waals surface area contributed by atoms with Crippen molar-refractivity contribution in [3.05, 3.63) is 35.6 Å². The number of aliphatic hydroxyl groups is 1. The Hall–Kier alpha value is -1.46. The summed E-state index contributed by atoms with van der Waals surface area (Å²) in [6, 6.07) is 5.68. The van der Waals surface area contributed by atoms with E-state index in [4.69, 9.17) is 4.74 Å². The molecule has 0 aromatic heterocycles. The molecule has 1 saturated carbocycles. The number of hydrogen-bond acceptors (Lipinski definition) is 3. The van der Waals surface area contributed by atoms with Gasteiger partial charge in [0.1, 0.15) is 5.82 Å². The van der Waals surface area contributed by atoms with Crippen molar-refractivity contribution < 1.29 is 19.0 Å². The van der Waals surface area contributed by atoms with E-state index in [1.807, 2.05) is 6.92 Å². The number of amides is 1. The standard InChI is InChI=1S/C18H26FNO3/c1-2-23-12-11-18(9-3-4-10-18)17(22)20-13-16(21)14-5-7-15(19)8-6-14/h5-8,16,21H,2-4,9-13H2,1H3,(H,20,22). The van der Waals surface area contributed by atoms with Gasteiger partial charge in [0.2, 0.25) is 5.91 Å². The number of hydrogen-bond donors (Lipinski definition) is 2. The molecule has 0 aliphatic heterocycles. The maximum atomic E-state index is 12.9. The number of halogens is 1. The quantitative estimate of drug-likeness (QED) is 0.723. The molecule has 1 aromatic rings. The Bertz CT molecular complexity index is 497. The maximum absolute atomic E-state index is 12.9. The lowest BCUT2D eigenvalue weighted by Crippen LogP contribution is -2.41. The molecule has 5 heteroatoms. The van der Waals surface area contributed by atoms with Crippen molar-refractivity contribution in [3.63, 3.8) is 0 Å². The molecule has 0 heterocycles. The lowest BCUT2D eigenvalue weighted by atomic mass is 9.82. The van der Waals surface area contributed by atoms with Gasteiger partial charge in [0.25, 0.3) is 0 Å². The van der Waals surface area contributed by atoms with Crippen molar-refractivity contribution in [1.29, 1.82) is 0 Å². The van der Waals surface area contributed by atoms with Gasteiger partial charge < -0.3 is 15.2 Å². The van der Waals surface area contributed by atoms with Crippen LogP contribution in [-0.4, -0.2) is 30.8 Å². The largest absolute Gasteiger partial charge is 0.387 e. The van der Waals surface area contributed by atoms with Crippen LogP contribution in [-0.2, 0) is 9.53 Å². The molecule has 4 nitrogen and oxygen atoms in total. The number of carbonyl (C=O) groups excluding carboxylic acids is 1. The molecule has 0 spiro atoms. The molecule has 1 unspecified atom stereocenters. The molecule has 1 aromatic carbocycles. The Morgan fingerprint density at radius 2 is 2.00 bits per heavy atom. The summed E-state index contributed by atoms with van der Waals surface area (Å²) in [5.41, 5.74) is 0.235. The number of nitrogens with one attached hydrogen (secondary N) is 1. The average Bonchev–Trinajstić information content (AvgIpc) is 3.03. The van der Waals surface area contributed by atoms with Crippen molar-refractivity contribution in [2.75, 3.05) is 19.8 Å². The van der Waals surface area contributed by atoms with Crippen molar-refractivity contribution in [1.82, 2.24) is 5.32 Å². The highest BCUT2D eigenvalue weighted by atomic mass is 19.1. The summed E-state index contributed by atoms with van der Waals surface area (Å²) in [5.74, 6) is -0.346. The Balaban J connectivity index is 1.89. The Kier molecular flexibility index (Phi) is 6.54. The molecule has 0 bridgehead atoms. The number of ether oxygens (including phenoxy) is 1. The fraction of sp³-hybridized carbons (Fsp3) is 0.611. The van der Waals surface area contributed by atoms with Crippen molar-refractivity contribution in [2.45, 2.75) is 45.1 Å². The SMILES string of the molecule is CCOCCC1(C(=O)NCC(O)c2ccc(F)cc2)CCCC1. The zero-order chi connectivity index (χ0) is 16.7. The highest BCUT2D eigenvalue weighted by Gasteiger charge is 2.40. The molecular formula is C18H26FNO3. The number of rotatable bonds is 8. The van der Waals surface area contributed by atoms with Crippen LogP contribution in [0.4, 0.5) is 4.39 Å². The first-order chi connectivity index (χ1) is 11.1. The second-order valence-corrected chi connectivity index (χ2v) is 6.21. The lowest BCUT2D eigenvalue weighted by molar-refractivity contribution is -0.132. The van der Waals surface area contributed by atoms with E-state index in [9.17, 15) is 14.3 Å². The molecule has 1 aliphatic carbocycles. The Morgan fingerprint density at radius 1 is 1.35 bits per heavy atom. The van der Waals surface area contributed by atoms with Crippen LogP contribution in [0.1, 0.15) is 50.7 Å². The second-order valence-electron chi connectivity index (χ2n) is 6.21. The minimum Gasteiger partial charge on any atom is -0.387 e. The molecule has 23 heavy (non-hydrogen) atoms. The number of carbonyl (C=O) groups is 1. The van der Waals surface area contributed by atoms with E-state index < -0.39 is 6.10 Å². The molecule has 1 amide bonds. The third-order valence-corrected chi connectivity index (χ3v) is 4.68. The third-order valence-electron chi connectivity index (χ3n) is 4.68. The van der Waals surface area contributed by atoms with E-state index in [2.05, 4.69) is 5.32 Å². The van der Waals surface area contributed by atoms with E-state index in [0.717, 1.165) is 32.1 Å². The first-order valence-corrected chi connectivity index (χ1v) is 8.37. The van der Waals surface area contributed by atoms with Gasteiger partial charge in [-0.2, -0.15) is 0 Å². The monoisotopic (exact) mass is 323 g/mol. The lowest BCUT2D eigenvalue weighted by Gasteiger charge is -2.28. The van der Waals surface area contributed by atoms with Crippen LogP contribution in [0, 0.1) is 11.2 Å². The minimum atomic E-state index is -0.829. The number of aliphatic hydroxyl groups excluding tert-OH is 1. The summed E-state index contributed by atoms with van der Waals surface area (Å²) < 4.78 is 18.3. The smallest absolute Gasteiger partial charge is 0.226 e. The van der Waals surface area contributed by atoms with Gasteiger partial charge in [-0.05, 0) is 43.9 Å². The average molecular weight is 323 g/mol. The highest BCUT2D eigenvalue weighted by molar-refractivity contribution is 5.82. The van der Waals surface area contributed by atoms with Crippen LogP contribution < -0.4 is 5.32 Å². The summed E-state index contributed by atoms with van der Waals surface area (Å²) in [6.45, 7) is 3.33. The maximum Gasteiger partial charge on any atom is 0.226 e. The summed E-state index contributed by atoms with van der Waals surface area (Å²) in [7, 11) is 0. The Morgan fingerprint density at radius 3 is 2.61 bits per heavy atom. The number of benzene rings is 1. The van der Waals surface area contributed by atoms with Gasteiger partial charge in [0.05, 0.1) is 11.5 Å². The molecule has 0 radical (unpaired) electrons. The zero-order valence-corrected chi connectivity index (χ0v) is 13.7. The van der Waals surface area contributed by atoms with Crippen LogP contribution in [0.25, 0.3) is 0 Å². The van der Waals surface area contributed by atoms with Crippen LogP contribution in [0.15, 0.2) is 24.3 Å². The fourth-order valence-electron chi connectivity index (χ4n) is 3.23. The van der Waals surface area contributed by atoms with Crippen LogP contribution >= 0.6 is 0 Å². The molecule has 1 fully saturated rings. The summed E-state index contributed by atoms with van der Waals surface area (Å²) in [5, 5.41) is 13.0. The zero-order valence-electron chi connectivity index (χ0n) is 13.7. The minimum absolute atomic E-state index is 0.00383. The van der Waals surface area contributed by atoms with Crippen LogP contribution in [0.2, 0.25) is 0 Å².